The minimum atomic E-state index is -1.87. The highest BCUT2D eigenvalue weighted by Crippen LogP contribution is 2.45. The van der Waals surface area contributed by atoms with E-state index < -0.39 is 17.4 Å². The molecule has 4 rings (SSSR count). The van der Waals surface area contributed by atoms with Gasteiger partial charge in [0.05, 0.1) is 12.3 Å². The molecule has 3 aromatic carbocycles. The molecule has 0 aromatic heterocycles. The first-order chi connectivity index (χ1) is 18.8. The number of rotatable bonds is 10. The van der Waals surface area contributed by atoms with Gasteiger partial charge in [0.2, 0.25) is 5.91 Å². The lowest BCUT2D eigenvalue weighted by Gasteiger charge is -2.27. The number of anilines is 2. The van der Waals surface area contributed by atoms with Gasteiger partial charge in [-0.25, -0.2) is 0 Å². The SMILES string of the molecule is C[C@H](/C=C/CC(=O)N(CCO)Cc1ccccc1)[C@@]1(O)C(=O)N(C)c2ccc(NC(=O)c3ccccc3)cc21. The maximum Gasteiger partial charge on any atom is 0.264 e. The summed E-state index contributed by atoms with van der Waals surface area (Å²) >= 11 is 0. The number of carbonyl (C=O) groups is 3. The van der Waals surface area contributed by atoms with Crippen LogP contribution in [0.25, 0.3) is 0 Å². The number of likely N-dealkylation sites (N-methyl/N-ethyl adjacent to an activating group) is 1. The average molecular weight is 528 g/mol. The molecule has 3 N–H and O–H groups in total. The first-order valence-electron chi connectivity index (χ1n) is 12.9. The van der Waals surface area contributed by atoms with Crippen LogP contribution in [0.5, 0.6) is 0 Å². The normalized spacial score (nSPS) is 17.2. The molecule has 0 spiro atoms. The highest BCUT2D eigenvalue weighted by molar-refractivity contribution is 6.08. The number of nitrogens with one attached hydrogen (secondary N) is 1. The third-order valence-electron chi connectivity index (χ3n) is 7.01. The van der Waals surface area contributed by atoms with Gasteiger partial charge in [-0.2, -0.15) is 0 Å². The van der Waals surface area contributed by atoms with Crippen LogP contribution in [-0.4, -0.2) is 53.0 Å². The van der Waals surface area contributed by atoms with Crippen LogP contribution in [0.15, 0.2) is 91.0 Å². The molecule has 0 unspecified atom stereocenters. The van der Waals surface area contributed by atoms with E-state index >= 15 is 0 Å². The van der Waals surface area contributed by atoms with Gasteiger partial charge >= 0.3 is 0 Å². The fourth-order valence-electron chi connectivity index (χ4n) is 4.78. The zero-order valence-corrected chi connectivity index (χ0v) is 22.1. The number of amides is 3. The molecule has 1 aliphatic rings. The summed E-state index contributed by atoms with van der Waals surface area (Å²) in [5.41, 5.74) is 0.966. The minimum Gasteiger partial charge on any atom is -0.395 e. The molecular formula is C31H33N3O5. The first-order valence-corrected chi connectivity index (χ1v) is 12.9. The van der Waals surface area contributed by atoms with Gasteiger partial charge in [0.15, 0.2) is 5.60 Å². The molecule has 39 heavy (non-hydrogen) atoms. The number of aliphatic hydroxyl groups excluding tert-OH is 1. The summed E-state index contributed by atoms with van der Waals surface area (Å²) in [4.78, 5) is 41.7. The highest BCUT2D eigenvalue weighted by Gasteiger charge is 2.51. The molecule has 202 valence electrons. The first kappa shape index (κ1) is 27.8. The van der Waals surface area contributed by atoms with Crippen LogP contribution in [0.2, 0.25) is 0 Å². The summed E-state index contributed by atoms with van der Waals surface area (Å²) in [6.07, 6.45) is 3.36. The number of carbonyl (C=O) groups excluding carboxylic acids is 3. The lowest BCUT2D eigenvalue weighted by Crippen LogP contribution is -2.43. The predicted octanol–water partition coefficient (Wildman–Crippen LogP) is 3.71. The van der Waals surface area contributed by atoms with Crippen molar-refractivity contribution in [2.45, 2.75) is 25.5 Å². The van der Waals surface area contributed by atoms with Crippen LogP contribution >= 0.6 is 0 Å². The zero-order chi connectivity index (χ0) is 28.0. The topological polar surface area (TPSA) is 110 Å². The second-order valence-corrected chi connectivity index (χ2v) is 9.63. The van der Waals surface area contributed by atoms with Gasteiger partial charge in [-0.15, -0.1) is 0 Å². The third kappa shape index (κ3) is 5.92. The fourth-order valence-corrected chi connectivity index (χ4v) is 4.78. The smallest absolute Gasteiger partial charge is 0.264 e. The Morgan fingerprint density at radius 2 is 1.72 bits per heavy atom. The van der Waals surface area contributed by atoms with Crippen molar-refractivity contribution in [1.82, 2.24) is 4.90 Å². The Morgan fingerprint density at radius 1 is 1.05 bits per heavy atom. The van der Waals surface area contributed by atoms with Crippen LogP contribution in [0.1, 0.15) is 34.8 Å². The molecule has 0 fully saturated rings. The van der Waals surface area contributed by atoms with E-state index in [4.69, 9.17) is 0 Å². The van der Waals surface area contributed by atoms with E-state index in [1.807, 2.05) is 36.4 Å². The van der Waals surface area contributed by atoms with E-state index in [9.17, 15) is 24.6 Å². The Kier molecular flexibility index (Phi) is 8.59. The molecule has 8 heteroatoms. The van der Waals surface area contributed by atoms with E-state index in [2.05, 4.69) is 5.32 Å². The van der Waals surface area contributed by atoms with Gasteiger partial charge in [-0.05, 0) is 35.9 Å². The number of hydrogen-bond acceptors (Lipinski definition) is 5. The van der Waals surface area contributed by atoms with Crippen molar-refractivity contribution >= 4 is 29.1 Å². The van der Waals surface area contributed by atoms with Gasteiger partial charge in [0.25, 0.3) is 11.8 Å². The molecule has 2 atom stereocenters. The van der Waals surface area contributed by atoms with Crippen molar-refractivity contribution in [1.29, 1.82) is 0 Å². The maximum absolute atomic E-state index is 13.2. The van der Waals surface area contributed by atoms with Gasteiger partial charge in [-0.3, -0.25) is 14.4 Å². The second kappa shape index (κ2) is 12.1. The van der Waals surface area contributed by atoms with E-state index in [0.717, 1.165) is 5.56 Å². The number of hydrogen-bond donors (Lipinski definition) is 3. The molecule has 0 bridgehead atoms. The fraction of sp³-hybridized carbons (Fsp3) is 0.258. The van der Waals surface area contributed by atoms with Crippen molar-refractivity contribution in [2.24, 2.45) is 5.92 Å². The van der Waals surface area contributed by atoms with Gasteiger partial charge in [0, 0.05) is 49.3 Å². The van der Waals surface area contributed by atoms with Gasteiger partial charge in [0.1, 0.15) is 0 Å². The van der Waals surface area contributed by atoms with Crippen LogP contribution in [0.3, 0.4) is 0 Å². The zero-order valence-electron chi connectivity index (χ0n) is 22.1. The predicted molar refractivity (Wildman–Crippen MR) is 150 cm³/mol. The summed E-state index contributed by atoms with van der Waals surface area (Å²) in [6, 6.07) is 23.3. The standard InChI is InChI=1S/C31H33N3O5/c1-22(10-9-15-28(36)34(18-19-35)21-23-11-5-3-6-12-23)31(39)26-20-25(16-17-27(26)33(2)30(31)38)32-29(37)24-13-7-4-8-14-24/h3-14,16-17,20,22,35,39H,15,18-19,21H2,1-2H3,(H,32,37)/b10-9+/t22-,31+/m1/s1. The lowest BCUT2D eigenvalue weighted by molar-refractivity contribution is -0.139. The van der Waals surface area contributed by atoms with Crippen LogP contribution < -0.4 is 10.2 Å². The number of aliphatic hydroxyl groups is 2. The average Bonchev–Trinajstić information content (AvgIpc) is 3.15. The lowest BCUT2D eigenvalue weighted by atomic mass is 9.82. The number of benzene rings is 3. The summed E-state index contributed by atoms with van der Waals surface area (Å²) < 4.78 is 0. The quantitative estimate of drug-likeness (QED) is 0.348. The molecule has 3 amide bonds. The molecule has 3 aromatic rings. The van der Waals surface area contributed by atoms with Crippen LogP contribution in [0.4, 0.5) is 11.4 Å². The number of nitrogens with zero attached hydrogens (tertiary/aromatic N) is 2. The Morgan fingerprint density at radius 3 is 2.38 bits per heavy atom. The number of fused-ring (bicyclic) bond motifs is 1. The molecule has 0 radical (unpaired) electrons. The Hall–Kier alpha value is -4.27. The third-order valence-corrected chi connectivity index (χ3v) is 7.01. The summed E-state index contributed by atoms with van der Waals surface area (Å²) in [5.74, 6) is -1.63. The van der Waals surface area contributed by atoms with E-state index in [1.54, 1.807) is 73.5 Å². The monoisotopic (exact) mass is 527 g/mol. The van der Waals surface area contributed by atoms with Gasteiger partial charge < -0.3 is 25.3 Å². The Balaban J connectivity index is 1.49. The maximum atomic E-state index is 13.2. The highest BCUT2D eigenvalue weighted by atomic mass is 16.3. The van der Waals surface area contributed by atoms with Crippen molar-refractivity contribution in [3.05, 3.63) is 108 Å². The summed E-state index contributed by atoms with van der Waals surface area (Å²) in [6.45, 7) is 2.14. The van der Waals surface area contributed by atoms with E-state index in [1.165, 1.54) is 4.90 Å². The summed E-state index contributed by atoms with van der Waals surface area (Å²) in [7, 11) is 1.59. The minimum absolute atomic E-state index is 0.0529. The van der Waals surface area contributed by atoms with E-state index in [0.29, 0.717) is 29.0 Å². The van der Waals surface area contributed by atoms with Crippen LogP contribution in [0, 0.1) is 5.92 Å². The van der Waals surface area contributed by atoms with Crippen molar-refractivity contribution in [3.63, 3.8) is 0 Å². The van der Waals surface area contributed by atoms with Gasteiger partial charge in [-0.1, -0.05) is 67.6 Å². The van der Waals surface area contributed by atoms with Crippen molar-refractivity contribution < 1.29 is 24.6 Å². The van der Waals surface area contributed by atoms with E-state index in [-0.39, 0.29) is 31.4 Å². The molecule has 0 aliphatic carbocycles. The molecular weight excluding hydrogens is 494 g/mol. The Bertz CT molecular complexity index is 1360. The summed E-state index contributed by atoms with van der Waals surface area (Å²) in [5, 5.41) is 24.0. The Labute approximate surface area is 228 Å². The molecule has 8 nitrogen and oxygen atoms in total. The molecule has 0 saturated heterocycles. The van der Waals surface area contributed by atoms with Crippen molar-refractivity contribution in [2.75, 3.05) is 30.4 Å². The second-order valence-electron chi connectivity index (χ2n) is 9.63. The largest absolute Gasteiger partial charge is 0.395 e. The molecule has 0 saturated carbocycles. The molecule has 1 heterocycles. The van der Waals surface area contributed by atoms with Crippen molar-refractivity contribution in [3.8, 4) is 0 Å². The molecule has 1 aliphatic heterocycles. The van der Waals surface area contributed by atoms with Crippen LogP contribution in [-0.2, 0) is 21.7 Å².